The van der Waals surface area contributed by atoms with Gasteiger partial charge in [-0.15, -0.1) is 0 Å². The second-order valence-corrected chi connectivity index (χ2v) is 4.38. The lowest BCUT2D eigenvalue weighted by molar-refractivity contribution is 0.169. The Morgan fingerprint density at radius 3 is 2.59 bits per heavy atom. The van der Waals surface area contributed by atoms with Gasteiger partial charge in [0.25, 0.3) is 0 Å². The molecule has 0 saturated heterocycles. The second kappa shape index (κ2) is 6.08. The highest BCUT2D eigenvalue weighted by atomic mass is 16.6. The third-order valence-electron chi connectivity index (χ3n) is 2.90. The van der Waals surface area contributed by atoms with E-state index < -0.39 is 0 Å². The summed E-state index contributed by atoms with van der Waals surface area (Å²) in [7, 11) is -0.218. The zero-order valence-corrected chi connectivity index (χ0v) is 10.7. The maximum atomic E-state index is 5.90. The first kappa shape index (κ1) is 12.5. The quantitative estimate of drug-likeness (QED) is 0.730. The van der Waals surface area contributed by atoms with Gasteiger partial charge in [-0.1, -0.05) is 32.0 Å². The van der Waals surface area contributed by atoms with Crippen molar-refractivity contribution >= 4 is 7.25 Å². The summed E-state index contributed by atoms with van der Waals surface area (Å²) in [5.41, 5.74) is 1.14. The summed E-state index contributed by atoms with van der Waals surface area (Å²) in [4.78, 5) is 2.26. The van der Waals surface area contributed by atoms with Gasteiger partial charge in [0, 0.05) is 5.56 Å². The molecule has 0 spiro atoms. The highest BCUT2D eigenvalue weighted by molar-refractivity contribution is 6.42. The molecule has 2 rings (SSSR count). The highest BCUT2D eigenvalue weighted by Gasteiger charge is 2.33. The van der Waals surface area contributed by atoms with Gasteiger partial charge in [0.15, 0.2) is 0 Å². The monoisotopic (exact) mass is 233 g/mol. The van der Waals surface area contributed by atoms with Crippen molar-refractivity contribution in [2.45, 2.75) is 33.3 Å². The van der Waals surface area contributed by atoms with Gasteiger partial charge in [-0.05, 0) is 32.0 Å². The zero-order valence-electron chi connectivity index (χ0n) is 10.7. The molecule has 0 saturated carbocycles. The van der Waals surface area contributed by atoms with Crippen LogP contribution in [0.3, 0.4) is 0 Å². The standard InChI is InChI=1S/C13H20BNO2/c1-3-9-15(10-4-2)14-16-11-12-7-5-6-8-13(12)17-14/h5-8H,3-4,9-11H2,1-2H3. The predicted octanol–water partition coefficient (Wildman–Crippen LogP) is 2.70. The molecule has 1 heterocycles. The summed E-state index contributed by atoms with van der Waals surface area (Å²) >= 11 is 0. The second-order valence-electron chi connectivity index (χ2n) is 4.38. The SMILES string of the molecule is CCCN(CCC)B1OCc2ccccc2O1. The molecule has 0 unspecified atom stereocenters. The number of nitrogens with zero attached hydrogens (tertiary/aromatic N) is 1. The Kier molecular flexibility index (Phi) is 4.46. The van der Waals surface area contributed by atoms with Crippen molar-refractivity contribution in [3.05, 3.63) is 29.8 Å². The first-order valence-electron chi connectivity index (χ1n) is 6.45. The Morgan fingerprint density at radius 2 is 1.88 bits per heavy atom. The molecular weight excluding hydrogens is 213 g/mol. The molecule has 3 nitrogen and oxygen atoms in total. The Morgan fingerprint density at radius 1 is 1.18 bits per heavy atom. The normalized spacial score (nSPS) is 14.6. The Labute approximate surface area is 104 Å². The molecule has 0 radical (unpaired) electrons. The zero-order chi connectivity index (χ0) is 12.1. The smallest absolute Gasteiger partial charge is 0.522 e. The first-order chi connectivity index (χ1) is 8.35. The molecule has 4 heteroatoms. The third-order valence-corrected chi connectivity index (χ3v) is 2.90. The van der Waals surface area contributed by atoms with Crippen LogP contribution in [0.15, 0.2) is 24.3 Å². The topological polar surface area (TPSA) is 21.7 Å². The molecule has 1 aliphatic heterocycles. The minimum atomic E-state index is -0.218. The molecule has 0 bridgehead atoms. The van der Waals surface area contributed by atoms with Gasteiger partial charge in [0.2, 0.25) is 0 Å². The predicted molar refractivity (Wildman–Crippen MR) is 69.8 cm³/mol. The summed E-state index contributed by atoms with van der Waals surface area (Å²) in [5.74, 6) is 0.959. The van der Waals surface area contributed by atoms with E-state index >= 15 is 0 Å². The number of fused-ring (bicyclic) bond motifs is 1. The van der Waals surface area contributed by atoms with Gasteiger partial charge in [-0.2, -0.15) is 0 Å². The number of hydrogen-bond acceptors (Lipinski definition) is 3. The van der Waals surface area contributed by atoms with Crippen molar-refractivity contribution in [3.63, 3.8) is 0 Å². The molecule has 0 N–H and O–H groups in total. The number of hydrogen-bond donors (Lipinski definition) is 0. The molecule has 0 amide bonds. The van der Waals surface area contributed by atoms with Crippen molar-refractivity contribution in [2.24, 2.45) is 0 Å². The molecular formula is C13H20BNO2. The minimum Gasteiger partial charge on any atom is -0.522 e. The summed E-state index contributed by atoms with van der Waals surface area (Å²) < 4.78 is 11.7. The lowest BCUT2D eigenvalue weighted by atomic mass is 9.99. The average Bonchev–Trinajstić information content (AvgIpc) is 2.38. The average molecular weight is 233 g/mol. The van der Waals surface area contributed by atoms with Gasteiger partial charge >= 0.3 is 7.25 Å². The van der Waals surface area contributed by atoms with E-state index in [0.717, 1.165) is 37.2 Å². The molecule has 0 aliphatic carbocycles. The summed E-state index contributed by atoms with van der Waals surface area (Å²) in [5, 5.41) is 0. The van der Waals surface area contributed by atoms with Gasteiger partial charge in [0.1, 0.15) is 5.75 Å². The third kappa shape index (κ3) is 3.02. The molecule has 1 aromatic carbocycles. The Balaban J connectivity index is 2.04. The molecule has 0 aromatic heterocycles. The van der Waals surface area contributed by atoms with Crippen LogP contribution in [0.25, 0.3) is 0 Å². The summed E-state index contributed by atoms with van der Waals surface area (Å²) in [6.45, 7) is 7.03. The van der Waals surface area contributed by atoms with Crippen LogP contribution in [0, 0.1) is 0 Å². The van der Waals surface area contributed by atoms with Gasteiger partial charge < -0.3 is 9.31 Å². The molecule has 1 aromatic rings. The number of benzene rings is 1. The maximum absolute atomic E-state index is 5.90. The van der Waals surface area contributed by atoms with Crippen molar-refractivity contribution < 1.29 is 9.31 Å². The van der Waals surface area contributed by atoms with Crippen LogP contribution in [0.5, 0.6) is 5.75 Å². The van der Waals surface area contributed by atoms with E-state index in [4.69, 9.17) is 9.31 Å². The van der Waals surface area contributed by atoms with E-state index in [1.54, 1.807) is 0 Å². The fourth-order valence-electron chi connectivity index (χ4n) is 2.12. The summed E-state index contributed by atoms with van der Waals surface area (Å²) in [6.07, 6.45) is 2.23. The maximum Gasteiger partial charge on any atom is 0.629 e. The molecule has 17 heavy (non-hydrogen) atoms. The summed E-state index contributed by atoms with van der Waals surface area (Å²) in [6, 6.07) is 8.09. The number of para-hydroxylation sites is 1. The van der Waals surface area contributed by atoms with Crippen molar-refractivity contribution in [1.29, 1.82) is 0 Å². The van der Waals surface area contributed by atoms with E-state index in [2.05, 4.69) is 24.7 Å². The lowest BCUT2D eigenvalue weighted by Gasteiger charge is -2.30. The van der Waals surface area contributed by atoms with Crippen molar-refractivity contribution in [3.8, 4) is 5.75 Å². The van der Waals surface area contributed by atoms with Gasteiger partial charge in [0.05, 0.1) is 6.61 Å². The molecule has 1 aliphatic rings. The van der Waals surface area contributed by atoms with E-state index in [9.17, 15) is 0 Å². The highest BCUT2D eigenvalue weighted by Crippen LogP contribution is 2.25. The van der Waals surface area contributed by atoms with Crippen LogP contribution in [0.1, 0.15) is 32.3 Å². The van der Waals surface area contributed by atoms with Crippen LogP contribution in [-0.4, -0.2) is 25.2 Å². The lowest BCUT2D eigenvalue weighted by Crippen LogP contribution is -2.49. The van der Waals surface area contributed by atoms with E-state index in [1.165, 1.54) is 0 Å². The van der Waals surface area contributed by atoms with E-state index in [1.807, 2.05) is 18.2 Å². The minimum absolute atomic E-state index is 0.218. The fraction of sp³-hybridized carbons (Fsp3) is 0.538. The van der Waals surface area contributed by atoms with Crippen LogP contribution < -0.4 is 4.65 Å². The van der Waals surface area contributed by atoms with E-state index in [0.29, 0.717) is 6.61 Å². The largest absolute Gasteiger partial charge is 0.629 e. The van der Waals surface area contributed by atoms with Gasteiger partial charge in [-0.25, -0.2) is 0 Å². The van der Waals surface area contributed by atoms with Crippen LogP contribution >= 0.6 is 0 Å². The van der Waals surface area contributed by atoms with Crippen molar-refractivity contribution in [2.75, 3.05) is 13.1 Å². The molecule has 0 fully saturated rings. The van der Waals surface area contributed by atoms with Gasteiger partial charge in [-0.3, -0.25) is 4.81 Å². The van der Waals surface area contributed by atoms with Crippen molar-refractivity contribution in [1.82, 2.24) is 4.81 Å². The molecule has 92 valence electrons. The Bertz CT molecular complexity index is 353. The van der Waals surface area contributed by atoms with Crippen LogP contribution in [0.4, 0.5) is 0 Å². The van der Waals surface area contributed by atoms with Crippen LogP contribution in [0.2, 0.25) is 0 Å². The molecule has 0 atom stereocenters. The van der Waals surface area contributed by atoms with Crippen LogP contribution in [-0.2, 0) is 11.3 Å². The Hall–Kier alpha value is -0.995. The number of rotatable bonds is 5. The van der Waals surface area contributed by atoms with E-state index in [-0.39, 0.29) is 7.25 Å². The first-order valence-corrected chi connectivity index (χ1v) is 6.45. The fourth-order valence-corrected chi connectivity index (χ4v) is 2.12.